The molecule has 2 unspecified atom stereocenters. The van der Waals surface area contributed by atoms with E-state index < -0.39 is 0 Å². The van der Waals surface area contributed by atoms with E-state index in [2.05, 4.69) is 30.1 Å². The molecule has 1 aromatic carbocycles. The average molecular weight is 301 g/mol. The maximum absolute atomic E-state index is 5.64. The van der Waals surface area contributed by atoms with E-state index in [0.29, 0.717) is 12.0 Å². The lowest BCUT2D eigenvalue weighted by molar-refractivity contribution is 0.0186. The maximum Gasteiger partial charge on any atom is 0.130 e. The van der Waals surface area contributed by atoms with Gasteiger partial charge in [0.1, 0.15) is 5.75 Å². The lowest BCUT2D eigenvalue weighted by atomic mass is 9.88. The first kappa shape index (κ1) is 16.8. The molecular weight excluding hydrogens is 274 g/mol. The lowest BCUT2D eigenvalue weighted by Crippen LogP contribution is -2.21. The van der Waals surface area contributed by atoms with Crippen molar-refractivity contribution < 1.29 is 9.47 Å². The van der Waals surface area contributed by atoms with Crippen LogP contribution in [-0.4, -0.2) is 24.8 Å². The molecule has 1 aromatic heterocycles. The predicted octanol–water partition coefficient (Wildman–Crippen LogP) is 4.86. The molecule has 3 nitrogen and oxygen atoms in total. The Morgan fingerprint density at radius 1 is 1.23 bits per heavy atom. The van der Waals surface area contributed by atoms with Crippen LogP contribution in [-0.2, 0) is 4.74 Å². The van der Waals surface area contributed by atoms with E-state index in [4.69, 9.17) is 9.47 Å². The third-order valence-electron chi connectivity index (χ3n) is 4.10. The molecule has 2 atom stereocenters. The van der Waals surface area contributed by atoms with Gasteiger partial charge in [0.2, 0.25) is 0 Å². The van der Waals surface area contributed by atoms with Gasteiger partial charge in [0.15, 0.2) is 0 Å². The van der Waals surface area contributed by atoms with E-state index in [9.17, 15) is 0 Å². The monoisotopic (exact) mass is 301 g/mol. The molecule has 3 rings (SSSR count). The molecule has 3 heteroatoms. The second-order valence-electron chi connectivity index (χ2n) is 5.65. The summed E-state index contributed by atoms with van der Waals surface area (Å²) in [5.74, 6) is 1.49. The summed E-state index contributed by atoms with van der Waals surface area (Å²) in [4.78, 5) is 4.58. The largest absolute Gasteiger partial charge is 0.496 e. The summed E-state index contributed by atoms with van der Waals surface area (Å²) in [7, 11) is 1.72. The number of rotatable bonds is 2. The van der Waals surface area contributed by atoms with Gasteiger partial charge in [-0.15, -0.1) is 0 Å². The quantitative estimate of drug-likeness (QED) is 0.793. The van der Waals surface area contributed by atoms with Crippen LogP contribution in [0.2, 0.25) is 0 Å². The summed E-state index contributed by atoms with van der Waals surface area (Å²) in [6.07, 6.45) is 2.53. The summed E-state index contributed by atoms with van der Waals surface area (Å²) in [5.41, 5.74) is 3.36. The van der Waals surface area contributed by atoms with Gasteiger partial charge in [-0.1, -0.05) is 19.9 Å². The summed E-state index contributed by atoms with van der Waals surface area (Å²) < 4.78 is 11.1. The Hall–Kier alpha value is -1.61. The zero-order valence-corrected chi connectivity index (χ0v) is 14.3. The Balaban J connectivity index is 0.000000847. The third-order valence-corrected chi connectivity index (χ3v) is 4.10. The second-order valence-corrected chi connectivity index (χ2v) is 5.65. The summed E-state index contributed by atoms with van der Waals surface area (Å²) >= 11 is 0. The highest BCUT2D eigenvalue weighted by molar-refractivity contribution is 5.86. The minimum absolute atomic E-state index is 0.350. The molecule has 0 spiro atoms. The molecule has 0 aliphatic carbocycles. The van der Waals surface area contributed by atoms with Crippen molar-refractivity contribution in [1.29, 1.82) is 0 Å². The minimum atomic E-state index is 0.350. The molecule has 2 heterocycles. The second kappa shape index (κ2) is 7.59. The van der Waals surface area contributed by atoms with Crippen LogP contribution in [0.3, 0.4) is 0 Å². The zero-order valence-electron chi connectivity index (χ0n) is 14.3. The molecule has 0 radical (unpaired) electrons. The Labute approximate surface area is 133 Å². The first-order valence-electron chi connectivity index (χ1n) is 8.24. The number of nitrogens with zero attached hydrogens (tertiary/aromatic N) is 1. The van der Waals surface area contributed by atoms with E-state index in [-0.39, 0.29) is 0 Å². The molecule has 1 saturated heterocycles. The van der Waals surface area contributed by atoms with Crippen LogP contribution in [0.1, 0.15) is 50.8 Å². The predicted molar refractivity (Wildman–Crippen MR) is 91.8 cm³/mol. The SMILES string of the molecule is CC.COc1cc(C)nc2ccc(C3CCOC(C)C3)cc12. The maximum atomic E-state index is 5.64. The summed E-state index contributed by atoms with van der Waals surface area (Å²) in [5, 5.41) is 1.11. The van der Waals surface area contributed by atoms with Gasteiger partial charge >= 0.3 is 0 Å². The highest BCUT2D eigenvalue weighted by Crippen LogP contribution is 2.34. The van der Waals surface area contributed by atoms with Crippen LogP contribution in [0, 0.1) is 6.92 Å². The third kappa shape index (κ3) is 3.58. The smallest absolute Gasteiger partial charge is 0.130 e. The van der Waals surface area contributed by atoms with Gasteiger partial charge in [0.25, 0.3) is 0 Å². The number of fused-ring (bicyclic) bond motifs is 1. The molecule has 2 aromatic rings. The normalized spacial score (nSPS) is 21.1. The van der Waals surface area contributed by atoms with Crippen LogP contribution in [0.25, 0.3) is 10.9 Å². The number of ether oxygens (including phenoxy) is 2. The van der Waals surface area contributed by atoms with Crippen molar-refractivity contribution in [3.05, 3.63) is 35.5 Å². The zero-order chi connectivity index (χ0) is 16.1. The van der Waals surface area contributed by atoms with Crippen molar-refractivity contribution >= 4 is 10.9 Å². The highest BCUT2D eigenvalue weighted by atomic mass is 16.5. The fourth-order valence-corrected chi connectivity index (χ4v) is 3.06. The number of aromatic nitrogens is 1. The Bertz CT molecular complexity index is 624. The number of pyridine rings is 1. The number of aryl methyl sites for hydroxylation is 1. The first-order chi connectivity index (χ1) is 10.7. The van der Waals surface area contributed by atoms with Crippen LogP contribution in [0.15, 0.2) is 24.3 Å². The number of benzene rings is 1. The highest BCUT2D eigenvalue weighted by Gasteiger charge is 2.21. The molecule has 0 saturated carbocycles. The van der Waals surface area contributed by atoms with Crippen LogP contribution in [0.5, 0.6) is 5.75 Å². The molecule has 1 fully saturated rings. The topological polar surface area (TPSA) is 31.4 Å². The minimum Gasteiger partial charge on any atom is -0.496 e. The van der Waals surface area contributed by atoms with Gasteiger partial charge in [-0.2, -0.15) is 0 Å². The van der Waals surface area contributed by atoms with Crippen LogP contribution >= 0.6 is 0 Å². The summed E-state index contributed by atoms with van der Waals surface area (Å²) in [6.45, 7) is 9.00. The summed E-state index contributed by atoms with van der Waals surface area (Å²) in [6, 6.07) is 8.55. The molecule has 0 amide bonds. The average Bonchev–Trinajstić information content (AvgIpc) is 2.55. The van der Waals surface area contributed by atoms with E-state index in [1.54, 1.807) is 7.11 Å². The number of hydrogen-bond donors (Lipinski definition) is 0. The molecule has 0 N–H and O–H groups in total. The first-order valence-corrected chi connectivity index (χ1v) is 8.24. The number of hydrogen-bond acceptors (Lipinski definition) is 3. The molecular formula is C19H27NO2. The van der Waals surface area contributed by atoms with Crippen molar-refractivity contribution in [2.45, 2.75) is 52.6 Å². The van der Waals surface area contributed by atoms with Gasteiger partial charge < -0.3 is 9.47 Å². The van der Waals surface area contributed by atoms with Crippen molar-refractivity contribution in [3.63, 3.8) is 0 Å². The number of methoxy groups -OCH3 is 1. The van der Waals surface area contributed by atoms with Crippen LogP contribution in [0.4, 0.5) is 0 Å². The fraction of sp³-hybridized carbons (Fsp3) is 0.526. The Morgan fingerprint density at radius 2 is 2.00 bits per heavy atom. The fourth-order valence-electron chi connectivity index (χ4n) is 3.06. The van der Waals surface area contributed by atoms with Crippen molar-refractivity contribution in [3.8, 4) is 5.75 Å². The van der Waals surface area contributed by atoms with Crippen molar-refractivity contribution in [2.75, 3.05) is 13.7 Å². The lowest BCUT2D eigenvalue weighted by Gasteiger charge is -2.27. The van der Waals surface area contributed by atoms with Gasteiger partial charge in [-0.25, -0.2) is 0 Å². The van der Waals surface area contributed by atoms with Gasteiger partial charge in [-0.05, 0) is 50.3 Å². The van der Waals surface area contributed by atoms with Crippen LogP contribution < -0.4 is 4.74 Å². The molecule has 1 aliphatic heterocycles. The van der Waals surface area contributed by atoms with E-state index in [1.807, 2.05) is 26.8 Å². The van der Waals surface area contributed by atoms with E-state index >= 15 is 0 Å². The molecule has 0 bridgehead atoms. The molecule has 1 aliphatic rings. The van der Waals surface area contributed by atoms with Crippen molar-refractivity contribution in [2.24, 2.45) is 0 Å². The molecule has 120 valence electrons. The Kier molecular flexibility index (Phi) is 5.78. The van der Waals surface area contributed by atoms with Crippen molar-refractivity contribution in [1.82, 2.24) is 4.98 Å². The van der Waals surface area contributed by atoms with E-state index in [1.165, 1.54) is 5.56 Å². The van der Waals surface area contributed by atoms with E-state index in [0.717, 1.165) is 41.8 Å². The van der Waals surface area contributed by atoms with Gasteiger partial charge in [0, 0.05) is 23.8 Å². The van der Waals surface area contributed by atoms with Gasteiger partial charge in [-0.3, -0.25) is 4.98 Å². The van der Waals surface area contributed by atoms with Gasteiger partial charge in [0.05, 0.1) is 18.7 Å². The molecule has 22 heavy (non-hydrogen) atoms. The standard InChI is InChI=1S/C17H21NO2.C2H6/c1-11-8-17(19-3)15-10-13(4-5-16(15)18-11)14-6-7-20-12(2)9-14;1-2/h4-5,8,10,12,14H,6-7,9H2,1-3H3;1-2H3. The Morgan fingerprint density at radius 3 is 2.68 bits per heavy atom.